The van der Waals surface area contributed by atoms with Crippen molar-refractivity contribution in [3.63, 3.8) is 0 Å². The van der Waals surface area contributed by atoms with Gasteiger partial charge < -0.3 is 9.55 Å². The SMILES string of the molecule is CC(C)(C)Cn1c(=O)c(=O)[nH]c2ccccc21. The highest BCUT2D eigenvalue weighted by molar-refractivity contribution is 5.74. The van der Waals surface area contributed by atoms with Gasteiger partial charge >= 0.3 is 11.1 Å². The molecule has 0 aliphatic carbocycles. The molecular formula is C13H16N2O2. The molecule has 4 heteroatoms. The van der Waals surface area contributed by atoms with Gasteiger partial charge in [-0.05, 0) is 17.5 Å². The van der Waals surface area contributed by atoms with Crippen LogP contribution in [0.1, 0.15) is 20.8 Å². The topological polar surface area (TPSA) is 54.9 Å². The Kier molecular flexibility index (Phi) is 2.65. The van der Waals surface area contributed by atoms with Crippen LogP contribution in [0.4, 0.5) is 0 Å². The molecule has 0 bridgehead atoms. The summed E-state index contributed by atoms with van der Waals surface area (Å²) in [4.78, 5) is 26.0. The van der Waals surface area contributed by atoms with Crippen molar-refractivity contribution in [3.05, 3.63) is 45.0 Å². The van der Waals surface area contributed by atoms with Crippen LogP contribution in [-0.4, -0.2) is 9.55 Å². The van der Waals surface area contributed by atoms with E-state index < -0.39 is 11.1 Å². The molecule has 0 spiro atoms. The summed E-state index contributed by atoms with van der Waals surface area (Å²) in [5.74, 6) is 0. The summed E-state index contributed by atoms with van der Waals surface area (Å²) in [6.07, 6.45) is 0. The molecular weight excluding hydrogens is 216 g/mol. The monoisotopic (exact) mass is 232 g/mol. The zero-order chi connectivity index (χ0) is 12.6. The number of fused-ring (bicyclic) bond motifs is 1. The lowest BCUT2D eigenvalue weighted by atomic mass is 9.96. The first-order valence-corrected chi connectivity index (χ1v) is 5.60. The van der Waals surface area contributed by atoms with Crippen LogP contribution in [0.15, 0.2) is 33.9 Å². The van der Waals surface area contributed by atoms with Gasteiger partial charge in [0.1, 0.15) is 0 Å². The molecule has 0 aliphatic heterocycles. The number of hydrogen-bond acceptors (Lipinski definition) is 2. The second-order valence-corrected chi connectivity index (χ2v) is 5.42. The molecule has 1 aromatic heterocycles. The zero-order valence-corrected chi connectivity index (χ0v) is 10.3. The summed E-state index contributed by atoms with van der Waals surface area (Å²) < 4.78 is 1.55. The molecule has 4 nitrogen and oxygen atoms in total. The van der Waals surface area contributed by atoms with Gasteiger partial charge in [-0.15, -0.1) is 0 Å². The van der Waals surface area contributed by atoms with E-state index >= 15 is 0 Å². The standard InChI is InChI=1S/C13H16N2O2/c1-13(2,3)8-15-10-7-5-4-6-9(10)14-11(16)12(15)17/h4-7H,8H2,1-3H3,(H,14,16). The van der Waals surface area contributed by atoms with E-state index in [9.17, 15) is 9.59 Å². The zero-order valence-electron chi connectivity index (χ0n) is 10.3. The lowest BCUT2D eigenvalue weighted by Crippen LogP contribution is -2.38. The largest absolute Gasteiger partial charge is 0.316 e. The van der Waals surface area contributed by atoms with Crippen molar-refractivity contribution in [1.29, 1.82) is 0 Å². The van der Waals surface area contributed by atoms with Gasteiger partial charge in [0.05, 0.1) is 11.0 Å². The summed E-state index contributed by atoms with van der Waals surface area (Å²) in [6.45, 7) is 6.64. The van der Waals surface area contributed by atoms with E-state index in [1.807, 2.05) is 39.0 Å². The van der Waals surface area contributed by atoms with Crippen molar-refractivity contribution in [3.8, 4) is 0 Å². The van der Waals surface area contributed by atoms with Gasteiger partial charge in [-0.1, -0.05) is 32.9 Å². The number of rotatable bonds is 1. The van der Waals surface area contributed by atoms with Gasteiger partial charge in [0, 0.05) is 6.54 Å². The Morgan fingerprint density at radius 2 is 1.82 bits per heavy atom. The summed E-state index contributed by atoms with van der Waals surface area (Å²) in [7, 11) is 0. The molecule has 0 saturated heterocycles. The highest BCUT2D eigenvalue weighted by Gasteiger charge is 2.15. The lowest BCUT2D eigenvalue weighted by molar-refractivity contribution is 0.343. The molecule has 0 atom stereocenters. The summed E-state index contributed by atoms with van der Waals surface area (Å²) in [5, 5.41) is 0. The van der Waals surface area contributed by atoms with E-state index in [4.69, 9.17) is 0 Å². The van der Waals surface area contributed by atoms with Crippen molar-refractivity contribution < 1.29 is 0 Å². The number of nitrogens with one attached hydrogen (secondary N) is 1. The van der Waals surface area contributed by atoms with Gasteiger partial charge in [-0.25, -0.2) is 0 Å². The first-order valence-electron chi connectivity index (χ1n) is 5.60. The Bertz CT molecular complexity index is 659. The minimum atomic E-state index is -0.562. The Labute approximate surface area is 98.9 Å². The third kappa shape index (κ3) is 2.30. The van der Waals surface area contributed by atoms with Crippen molar-refractivity contribution in [2.24, 2.45) is 5.41 Å². The Morgan fingerprint density at radius 3 is 2.47 bits per heavy atom. The molecule has 90 valence electrons. The first-order chi connectivity index (χ1) is 7.88. The second kappa shape index (κ2) is 3.87. The second-order valence-electron chi connectivity index (χ2n) is 5.42. The van der Waals surface area contributed by atoms with Crippen LogP contribution in [0.25, 0.3) is 11.0 Å². The van der Waals surface area contributed by atoms with Crippen molar-refractivity contribution in [2.45, 2.75) is 27.3 Å². The minimum Gasteiger partial charge on any atom is -0.316 e. The molecule has 1 aromatic carbocycles. The average Bonchev–Trinajstić information content (AvgIpc) is 2.23. The van der Waals surface area contributed by atoms with E-state index in [1.54, 1.807) is 10.6 Å². The summed E-state index contributed by atoms with van der Waals surface area (Å²) in [5.41, 5.74) is 0.361. The quantitative estimate of drug-likeness (QED) is 0.761. The maximum atomic E-state index is 11.9. The first kappa shape index (κ1) is 11.6. The van der Waals surface area contributed by atoms with Gasteiger partial charge in [0.15, 0.2) is 0 Å². The molecule has 1 heterocycles. The van der Waals surface area contributed by atoms with Gasteiger partial charge in [0.25, 0.3) is 0 Å². The lowest BCUT2D eigenvalue weighted by Gasteiger charge is -2.20. The molecule has 2 rings (SSSR count). The number of hydrogen-bond donors (Lipinski definition) is 1. The van der Waals surface area contributed by atoms with E-state index in [-0.39, 0.29) is 5.41 Å². The van der Waals surface area contributed by atoms with E-state index in [0.717, 1.165) is 5.52 Å². The van der Waals surface area contributed by atoms with Gasteiger partial charge in [0.2, 0.25) is 0 Å². The number of aromatic nitrogens is 2. The van der Waals surface area contributed by atoms with Crippen LogP contribution in [0.3, 0.4) is 0 Å². The van der Waals surface area contributed by atoms with Crippen molar-refractivity contribution >= 4 is 11.0 Å². The molecule has 0 saturated carbocycles. The van der Waals surface area contributed by atoms with Crippen LogP contribution < -0.4 is 11.1 Å². The van der Waals surface area contributed by atoms with Crippen LogP contribution in [0, 0.1) is 5.41 Å². The highest BCUT2D eigenvalue weighted by atomic mass is 16.2. The maximum Gasteiger partial charge on any atom is 0.316 e. The van der Waals surface area contributed by atoms with Crippen molar-refractivity contribution in [1.82, 2.24) is 9.55 Å². The Hall–Kier alpha value is -1.84. The third-order valence-corrected chi connectivity index (χ3v) is 2.51. The molecule has 0 fully saturated rings. The average molecular weight is 232 g/mol. The fraction of sp³-hybridized carbons (Fsp3) is 0.385. The predicted octanol–water partition coefficient (Wildman–Crippen LogP) is 1.74. The smallest absolute Gasteiger partial charge is 0.316 e. The summed E-state index contributed by atoms with van der Waals surface area (Å²) in [6, 6.07) is 7.34. The molecule has 17 heavy (non-hydrogen) atoms. The molecule has 1 N–H and O–H groups in total. The summed E-state index contributed by atoms with van der Waals surface area (Å²) >= 11 is 0. The molecule has 0 unspecified atom stereocenters. The van der Waals surface area contributed by atoms with Gasteiger partial charge in [-0.3, -0.25) is 9.59 Å². The minimum absolute atomic E-state index is 0.0552. The number of H-pyrrole nitrogens is 1. The predicted molar refractivity (Wildman–Crippen MR) is 68.3 cm³/mol. The molecule has 2 aromatic rings. The normalized spacial score (nSPS) is 11.9. The highest BCUT2D eigenvalue weighted by Crippen LogP contribution is 2.17. The number of para-hydroxylation sites is 2. The molecule has 0 aliphatic rings. The third-order valence-electron chi connectivity index (χ3n) is 2.51. The van der Waals surface area contributed by atoms with E-state index in [2.05, 4.69) is 4.98 Å². The van der Waals surface area contributed by atoms with E-state index in [0.29, 0.717) is 12.1 Å². The van der Waals surface area contributed by atoms with Crippen LogP contribution >= 0.6 is 0 Å². The number of benzene rings is 1. The molecule has 0 radical (unpaired) electrons. The Balaban J connectivity index is 2.79. The maximum absolute atomic E-state index is 11.9. The Morgan fingerprint density at radius 1 is 1.18 bits per heavy atom. The number of nitrogens with zero attached hydrogens (tertiary/aromatic N) is 1. The number of aromatic amines is 1. The molecule has 0 amide bonds. The van der Waals surface area contributed by atoms with Crippen LogP contribution in [-0.2, 0) is 6.54 Å². The van der Waals surface area contributed by atoms with Crippen LogP contribution in [0.2, 0.25) is 0 Å². The van der Waals surface area contributed by atoms with Crippen LogP contribution in [0.5, 0.6) is 0 Å². The van der Waals surface area contributed by atoms with Crippen molar-refractivity contribution in [2.75, 3.05) is 0 Å². The van der Waals surface area contributed by atoms with E-state index in [1.165, 1.54) is 0 Å². The fourth-order valence-corrected chi connectivity index (χ4v) is 1.85. The van der Waals surface area contributed by atoms with Gasteiger partial charge in [-0.2, -0.15) is 0 Å². The fourth-order valence-electron chi connectivity index (χ4n) is 1.85.